The van der Waals surface area contributed by atoms with Gasteiger partial charge in [0.25, 0.3) is 0 Å². The van der Waals surface area contributed by atoms with Crippen LogP contribution in [0.3, 0.4) is 0 Å². The van der Waals surface area contributed by atoms with Crippen molar-refractivity contribution in [1.82, 2.24) is 0 Å². The predicted molar refractivity (Wildman–Crippen MR) is 87.2 cm³/mol. The molecule has 22 heavy (non-hydrogen) atoms. The van der Waals surface area contributed by atoms with E-state index in [0.717, 1.165) is 24.0 Å². The molecule has 0 aliphatic heterocycles. The van der Waals surface area contributed by atoms with E-state index in [1.165, 1.54) is 11.1 Å². The molecule has 114 valence electrons. The van der Waals surface area contributed by atoms with Crippen molar-refractivity contribution in [2.24, 2.45) is 5.73 Å². The van der Waals surface area contributed by atoms with E-state index >= 15 is 0 Å². The summed E-state index contributed by atoms with van der Waals surface area (Å²) in [6, 6.07) is 16.6. The van der Waals surface area contributed by atoms with Gasteiger partial charge < -0.3 is 11.5 Å². The van der Waals surface area contributed by atoms with Crippen LogP contribution in [0.5, 0.6) is 0 Å². The molecule has 0 spiro atoms. The molecule has 0 bridgehead atoms. The van der Waals surface area contributed by atoms with Crippen LogP contribution in [0.4, 0.5) is 0 Å². The van der Waals surface area contributed by atoms with Crippen LogP contribution in [0.2, 0.25) is 0 Å². The standard InChI is InChI=1S/C19H22N2O/c1-13(20)12-19(18(21)22)16-8-4-2-6-14(16)10-11-15-7-3-5-9-17(15)19/h2-9,13H,10-12,20H2,1H3,(H2,21,22)/p+1/t13-/m0/s1. The number of fused-ring (bicyclic) bond motifs is 2. The van der Waals surface area contributed by atoms with Gasteiger partial charge in [0.15, 0.2) is 0 Å². The molecule has 3 heteroatoms. The summed E-state index contributed by atoms with van der Waals surface area (Å²) in [5.74, 6) is -0.273. The molecule has 1 amide bonds. The number of hydrogen-bond acceptors (Lipinski definition) is 1. The van der Waals surface area contributed by atoms with Crippen LogP contribution in [0.1, 0.15) is 35.6 Å². The Bertz CT molecular complexity index is 659. The minimum Gasteiger partial charge on any atom is -0.369 e. The van der Waals surface area contributed by atoms with E-state index in [-0.39, 0.29) is 11.9 Å². The Labute approximate surface area is 131 Å². The minimum absolute atomic E-state index is 0.131. The van der Waals surface area contributed by atoms with Gasteiger partial charge in [0, 0.05) is 6.42 Å². The van der Waals surface area contributed by atoms with Crippen LogP contribution >= 0.6 is 0 Å². The van der Waals surface area contributed by atoms with Gasteiger partial charge in [-0.3, -0.25) is 4.79 Å². The molecule has 0 heterocycles. The van der Waals surface area contributed by atoms with Gasteiger partial charge in [-0.05, 0) is 42.0 Å². The van der Waals surface area contributed by atoms with Crippen LogP contribution in [0.15, 0.2) is 48.5 Å². The van der Waals surface area contributed by atoms with Crippen molar-refractivity contribution in [3.63, 3.8) is 0 Å². The first-order valence-corrected chi connectivity index (χ1v) is 7.85. The molecule has 3 rings (SSSR count). The Morgan fingerprint density at radius 1 is 1.09 bits per heavy atom. The number of nitrogens with two attached hydrogens (primary N) is 1. The number of hydrogen-bond donors (Lipinski definition) is 2. The Kier molecular flexibility index (Phi) is 3.75. The van der Waals surface area contributed by atoms with Crippen molar-refractivity contribution < 1.29 is 10.5 Å². The first kappa shape index (κ1) is 14.8. The molecule has 3 nitrogen and oxygen atoms in total. The highest BCUT2D eigenvalue weighted by molar-refractivity contribution is 5.92. The zero-order valence-electron chi connectivity index (χ0n) is 13.0. The van der Waals surface area contributed by atoms with Crippen molar-refractivity contribution in [1.29, 1.82) is 0 Å². The monoisotopic (exact) mass is 295 g/mol. The Hall–Kier alpha value is -2.13. The van der Waals surface area contributed by atoms with Crippen LogP contribution in [-0.4, -0.2) is 11.9 Å². The number of aryl methyl sites for hydroxylation is 2. The summed E-state index contributed by atoms with van der Waals surface area (Å²) < 4.78 is 0. The van der Waals surface area contributed by atoms with Gasteiger partial charge >= 0.3 is 0 Å². The Morgan fingerprint density at radius 3 is 1.95 bits per heavy atom. The summed E-state index contributed by atoms with van der Waals surface area (Å²) >= 11 is 0. The third-order valence-electron chi connectivity index (χ3n) is 4.69. The lowest BCUT2D eigenvalue weighted by Gasteiger charge is -2.33. The van der Waals surface area contributed by atoms with E-state index < -0.39 is 5.41 Å². The smallest absolute Gasteiger partial charge is 0.232 e. The van der Waals surface area contributed by atoms with Gasteiger partial charge in [0.1, 0.15) is 5.41 Å². The van der Waals surface area contributed by atoms with Crippen molar-refractivity contribution in [2.45, 2.75) is 37.6 Å². The average molecular weight is 295 g/mol. The quantitative estimate of drug-likeness (QED) is 0.886. The van der Waals surface area contributed by atoms with Crippen LogP contribution in [0, 0.1) is 0 Å². The minimum atomic E-state index is -0.773. The van der Waals surface area contributed by atoms with Gasteiger partial charge in [-0.25, -0.2) is 0 Å². The highest BCUT2D eigenvalue weighted by Crippen LogP contribution is 2.42. The SMILES string of the molecule is C[C@H]([NH3+])CC1(C(N)=O)c2ccccc2CCc2ccccc21. The van der Waals surface area contributed by atoms with Crippen LogP contribution in [-0.2, 0) is 23.1 Å². The maximum absolute atomic E-state index is 12.7. The number of rotatable bonds is 3. The number of benzene rings is 2. The van der Waals surface area contributed by atoms with Crippen molar-refractivity contribution >= 4 is 5.91 Å². The highest BCUT2D eigenvalue weighted by Gasteiger charge is 2.45. The molecule has 1 aliphatic rings. The third kappa shape index (κ3) is 2.22. The molecule has 2 aromatic carbocycles. The molecule has 0 radical (unpaired) electrons. The molecular formula is C19H23N2O+. The fraction of sp³-hybridized carbons (Fsp3) is 0.316. The fourth-order valence-electron chi connectivity index (χ4n) is 3.83. The zero-order valence-corrected chi connectivity index (χ0v) is 13.0. The normalized spacial score (nSPS) is 17.0. The average Bonchev–Trinajstić information content (AvgIpc) is 2.64. The molecule has 5 N–H and O–H groups in total. The first-order valence-electron chi connectivity index (χ1n) is 7.85. The third-order valence-corrected chi connectivity index (χ3v) is 4.69. The van der Waals surface area contributed by atoms with Gasteiger partial charge in [-0.15, -0.1) is 0 Å². The lowest BCUT2D eigenvalue weighted by molar-refractivity contribution is -0.416. The highest BCUT2D eigenvalue weighted by atomic mass is 16.1. The second kappa shape index (κ2) is 5.58. The molecule has 1 atom stereocenters. The second-order valence-corrected chi connectivity index (χ2v) is 6.39. The van der Waals surface area contributed by atoms with Crippen LogP contribution in [0.25, 0.3) is 0 Å². The molecule has 2 aromatic rings. The zero-order chi connectivity index (χ0) is 15.7. The Morgan fingerprint density at radius 2 is 1.55 bits per heavy atom. The number of amides is 1. The summed E-state index contributed by atoms with van der Waals surface area (Å²) in [5, 5.41) is 0. The van der Waals surface area contributed by atoms with E-state index in [9.17, 15) is 4.79 Å². The number of quaternary nitrogens is 1. The van der Waals surface area contributed by atoms with E-state index in [1.54, 1.807) is 0 Å². The summed E-state index contributed by atoms with van der Waals surface area (Å²) in [4.78, 5) is 12.7. The van der Waals surface area contributed by atoms with Crippen molar-refractivity contribution in [2.75, 3.05) is 0 Å². The number of carbonyl (C=O) groups excluding carboxylic acids is 1. The molecule has 0 fully saturated rings. The fourth-order valence-corrected chi connectivity index (χ4v) is 3.83. The second-order valence-electron chi connectivity index (χ2n) is 6.39. The van der Waals surface area contributed by atoms with Crippen molar-refractivity contribution in [3.8, 4) is 0 Å². The maximum Gasteiger partial charge on any atom is 0.232 e. The first-order chi connectivity index (χ1) is 10.6. The number of carbonyl (C=O) groups is 1. The molecule has 0 aromatic heterocycles. The number of primary amides is 1. The molecule has 0 saturated carbocycles. The largest absolute Gasteiger partial charge is 0.369 e. The molecule has 1 aliphatic carbocycles. The summed E-state index contributed by atoms with van der Waals surface area (Å²) in [7, 11) is 0. The van der Waals surface area contributed by atoms with Gasteiger partial charge in [0.05, 0.1) is 6.04 Å². The molecule has 0 saturated heterocycles. The van der Waals surface area contributed by atoms with E-state index in [1.807, 2.05) is 31.2 Å². The Balaban J connectivity index is 2.36. The van der Waals surface area contributed by atoms with Gasteiger partial charge in [-0.1, -0.05) is 48.5 Å². The van der Waals surface area contributed by atoms with Crippen LogP contribution < -0.4 is 11.5 Å². The predicted octanol–water partition coefficient (Wildman–Crippen LogP) is 1.58. The van der Waals surface area contributed by atoms with E-state index in [4.69, 9.17) is 5.73 Å². The van der Waals surface area contributed by atoms with Gasteiger partial charge in [0.2, 0.25) is 5.91 Å². The van der Waals surface area contributed by atoms with Crippen molar-refractivity contribution in [3.05, 3.63) is 70.8 Å². The van der Waals surface area contributed by atoms with E-state index in [0.29, 0.717) is 6.42 Å². The summed E-state index contributed by atoms with van der Waals surface area (Å²) in [6.07, 6.45) is 2.51. The maximum atomic E-state index is 12.7. The lowest BCUT2D eigenvalue weighted by atomic mass is 9.68. The van der Waals surface area contributed by atoms with E-state index in [2.05, 4.69) is 30.0 Å². The summed E-state index contributed by atoms with van der Waals surface area (Å²) in [5.41, 5.74) is 13.9. The molecule has 0 unspecified atom stereocenters. The topological polar surface area (TPSA) is 70.7 Å². The summed E-state index contributed by atoms with van der Waals surface area (Å²) in [6.45, 7) is 2.04. The lowest BCUT2D eigenvalue weighted by Crippen LogP contribution is -2.62. The van der Waals surface area contributed by atoms with Gasteiger partial charge in [-0.2, -0.15) is 0 Å². The molecular weight excluding hydrogens is 272 g/mol.